The van der Waals surface area contributed by atoms with Gasteiger partial charge in [0.25, 0.3) is 0 Å². The summed E-state index contributed by atoms with van der Waals surface area (Å²) in [6, 6.07) is 18.6. The number of rotatable bonds is 6. The summed E-state index contributed by atoms with van der Waals surface area (Å²) >= 11 is 0. The second-order valence-corrected chi connectivity index (χ2v) is 9.24. The van der Waals surface area contributed by atoms with E-state index in [1.807, 2.05) is 0 Å². The Bertz CT molecular complexity index is 1070. The van der Waals surface area contributed by atoms with Crippen LogP contribution in [0.3, 0.4) is 0 Å². The molecule has 0 aliphatic heterocycles. The molecule has 0 aromatic heterocycles. The van der Waals surface area contributed by atoms with Crippen LogP contribution < -0.4 is 0 Å². The van der Waals surface area contributed by atoms with Crippen LogP contribution in [0.25, 0.3) is 28.3 Å². The number of aryl methyl sites for hydroxylation is 4. The molecule has 0 atom stereocenters. The fourth-order valence-electron chi connectivity index (χ4n) is 5.05. The van der Waals surface area contributed by atoms with Gasteiger partial charge in [-0.1, -0.05) is 102 Å². The van der Waals surface area contributed by atoms with E-state index < -0.39 is 0 Å². The maximum atomic E-state index is 2.50. The molecular weight excluding hydrogens is 360 g/mol. The lowest BCUT2D eigenvalue weighted by atomic mass is 9.88. The largest absolute Gasteiger partial charge is 0.0654 e. The van der Waals surface area contributed by atoms with Gasteiger partial charge in [0, 0.05) is 0 Å². The van der Waals surface area contributed by atoms with E-state index in [0.717, 1.165) is 6.42 Å². The van der Waals surface area contributed by atoms with Crippen LogP contribution in [0.15, 0.2) is 54.1 Å². The van der Waals surface area contributed by atoms with E-state index in [0.29, 0.717) is 0 Å². The molecule has 0 N–H and O–H groups in total. The predicted octanol–water partition coefficient (Wildman–Crippen LogP) is 8.77. The Morgan fingerprint density at radius 1 is 0.667 bits per heavy atom. The highest BCUT2D eigenvalue weighted by Gasteiger charge is 2.21. The zero-order chi connectivity index (χ0) is 21.3. The summed E-state index contributed by atoms with van der Waals surface area (Å²) in [5, 5.41) is 0. The van der Waals surface area contributed by atoms with Gasteiger partial charge in [0.05, 0.1) is 0 Å². The molecule has 0 saturated carbocycles. The van der Waals surface area contributed by atoms with Gasteiger partial charge in [0.15, 0.2) is 0 Å². The monoisotopic (exact) mass is 394 g/mol. The molecule has 0 fully saturated rings. The Balaban J connectivity index is 1.84. The average Bonchev–Trinajstić information content (AvgIpc) is 3.09. The molecule has 3 aromatic rings. The first-order valence-corrected chi connectivity index (χ1v) is 11.5. The summed E-state index contributed by atoms with van der Waals surface area (Å²) in [6.45, 7) is 11.1. The minimum Gasteiger partial charge on any atom is -0.0654 e. The van der Waals surface area contributed by atoms with Gasteiger partial charge in [-0.05, 0) is 80.3 Å². The highest BCUT2D eigenvalue weighted by Crippen LogP contribution is 2.41. The van der Waals surface area contributed by atoms with Crippen LogP contribution in [0.5, 0.6) is 0 Å². The zero-order valence-corrected chi connectivity index (χ0v) is 19.2. The normalized spacial score (nSPS) is 12.8. The van der Waals surface area contributed by atoms with Gasteiger partial charge >= 0.3 is 0 Å². The van der Waals surface area contributed by atoms with Crippen molar-refractivity contribution in [3.05, 3.63) is 87.5 Å². The highest BCUT2D eigenvalue weighted by atomic mass is 14.3. The molecule has 0 radical (unpaired) electrons. The lowest BCUT2D eigenvalue weighted by molar-refractivity contribution is 0.709. The number of hydrogen-bond acceptors (Lipinski definition) is 0. The summed E-state index contributed by atoms with van der Waals surface area (Å²) < 4.78 is 0. The number of benzene rings is 3. The molecule has 3 aromatic carbocycles. The maximum absolute atomic E-state index is 2.50. The van der Waals surface area contributed by atoms with Crippen LogP contribution in [0.4, 0.5) is 0 Å². The average molecular weight is 395 g/mol. The van der Waals surface area contributed by atoms with Crippen LogP contribution in [0.1, 0.15) is 66.0 Å². The second-order valence-electron chi connectivity index (χ2n) is 9.24. The number of hydrogen-bond donors (Lipinski definition) is 0. The van der Waals surface area contributed by atoms with Crippen molar-refractivity contribution >= 4 is 6.08 Å². The molecule has 30 heavy (non-hydrogen) atoms. The van der Waals surface area contributed by atoms with Crippen LogP contribution in [0, 0.1) is 27.7 Å². The Labute approximate surface area is 182 Å². The third-order valence-corrected chi connectivity index (χ3v) is 6.28. The van der Waals surface area contributed by atoms with Gasteiger partial charge in [-0.15, -0.1) is 0 Å². The van der Waals surface area contributed by atoms with E-state index in [4.69, 9.17) is 0 Å². The Morgan fingerprint density at radius 3 is 1.77 bits per heavy atom. The van der Waals surface area contributed by atoms with Crippen molar-refractivity contribution in [1.29, 1.82) is 0 Å². The zero-order valence-electron chi connectivity index (χ0n) is 19.2. The van der Waals surface area contributed by atoms with Crippen molar-refractivity contribution in [1.82, 2.24) is 0 Å². The molecule has 0 bridgehead atoms. The topological polar surface area (TPSA) is 0 Å². The summed E-state index contributed by atoms with van der Waals surface area (Å²) in [5.74, 6) is 0. The molecule has 154 valence electrons. The SMILES string of the molecule is CCCCCC1=Cc2c(-c3cc(C)cc(C)c3)ccc(-c3cc(C)cc(C)c3)c2C1. The molecule has 0 amide bonds. The fraction of sp³-hybridized carbons (Fsp3) is 0.333. The fourth-order valence-corrected chi connectivity index (χ4v) is 5.05. The Morgan fingerprint density at radius 2 is 1.20 bits per heavy atom. The smallest absolute Gasteiger partial charge is 0.00514 e. The van der Waals surface area contributed by atoms with E-state index in [1.165, 1.54) is 81.3 Å². The first-order valence-electron chi connectivity index (χ1n) is 11.5. The molecule has 4 rings (SSSR count). The van der Waals surface area contributed by atoms with Gasteiger partial charge in [0.1, 0.15) is 0 Å². The van der Waals surface area contributed by atoms with E-state index in [1.54, 1.807) is 5.57 Å². The van der Waals surface area contributed by atoms with Gasteiger partial charge in [-0.2, -0.15) is 0 Å². The van der Waals surface area contributed by atoms with Crippen LogP contribution in [-0.2, 0) is 6.42 Å². The lowest BCUT2D eigenvalue weighted by Crippen LogP contribution is -1.95. The Hall–Kier alpha value is -2.60. The minimum absolute atomic E-state index is 1.10. The number of unbranched alkanes of at least 4 members (excludes halogenated alkanes) is 2. The Kier molecular flexibility index (Phi) is 5.95. The molecule has 0 nitrogen and oxygen atoms in total. The predicted molar refractivity (Wildman–Crippen MR) is 132 cm³/mol. The summed E-state index contributed by atoms with van der Waals surface area (Å²) in [5.41, 5.74) is 15.4. The molecule has 0 saturated heterocycles. The van der Waals surface area contributed by atoms with Crippen LogP contribution in [-0.4, -0.2) is 0 Å². The first kappa shape index (κ1) is 20.7. The molecule has 0 heteroatoms. The van der Waals surface area contributed by atoms with Gasteiger partial charge in [-0.3, -0.25) is 0 Å². The van der Waals surface area contributed by atoms with E-state index in [2.05, 4.69) is 89.2 Å². The molecule has 1 aliphatic carbocycles. The second kappa shape index (κ2) is 8.64. The van der Waals surface area contributed by atoms with E-state index >= 15 is 0 Å². The highest BCUT2D eigenvalue weighted by molar-refractivity contribution is 5.87. The van der Waals surface area contributed by atoms with Crippen molar-refractivity contribution in [3.63, 3.8) is 0 Å². The third kappa shape index (κ3) is 4.29. The van der Waals surface area contributed by atoms with Gasteiger partial charge in [0.2, 0.25) is 0 Å². The molecular formula is C30H34. The summed E-state index contributed by atoms with van der Waals surface area (Å²) in [7, 11) is 0. The summed E-state index contributed by atoms with van der Waals surface area (Å²) in [4.78, 5) is 0. The van der Waals surface area contributed by atoms with Crippen molar-refractivity contribution in [2.75, 3.05) is 0 Å². The van der Waals surface area contributed by atoms with Crippen molar-refractivity contribution in [2.45, 2.75) is 66.7 Å². The number of fused-ring (bicyclic) bond motifs is 1. The van der Waals surface area contributed by atoms with Crippen LogP contribution in [0.2, 0.25) is 0 Å². The summed E-state index contributed by atoms with van der Waals surface area (Å²) in [6.07, 6.45) is 8.72. The third-order valence-electron chi connectivity index (χ3n) is 6.28. The minimum atomic E-state index is 1.10. The molecule has 0 unspecified atom stereocenters. The van der Waals surface area contributed by atoms with Gasteiger partial charge in [-0.25, -0.2) is 0 Å². The number of allylic oxidation sites excluding steroid dienone is 1. The van der Waals surface area contributed by atoms with Gasteiger partial charge < -0.3 is 0 Å². The van der Waals surface area contributed by atoms with Crippen molar-refractivity contribution < 1.29 is 0 Å². The standard InChI is InChI=1S/C30H34/c1-6-7-8-9-24-18-29-27(25-14-20(2)12-21(3)15-25)10-11-28(30(29)19-24)26-16-22(4)13-23(5)17-26/h10-18H,6-9,19H2,1-5H3. The molecule has 0 spiro atoms. The maximum Gasteiger partial charge on any atom is -0.00514 e. The van der Waals surface area contributed by atoms with E-state index in [-0.39, 0.29) is 0 Å². The van der Waals surface area contributed by atoms with E-state index in [9.17, 15) is 0 Å². The lowest BCUT2D eigenvalue weighted by Gasteiger charge is -2.16. The van der Waals surface area contributed by atoms with Crippen molar-refractivity contribution in [2.24, 2.45) is 0 Å². The molecule has 0 heterocycles. The quantitative estimate of drug-likeness (QED) is 0.366. The molecule has 1 aliphatic rings. The van der Waals surface area contributed by atoms with Crippen LogP contribution >= 0.6 is 0 Å². The first-order chi connectivity index (χ1) is 14.4. The van der Waals surface area contributed by atoms with Crippen molar-refractivity contribution in [3.8, 4) is 22.3 Å².